The van der Waals surface area contributed by atoms with Crippen LogP contribution < -0.4 is 10.1 Å². The molecular formula is C31H37BrN2O3. The number of ether oxygens (including phenoxy) is 1. The summed E-state index contributed by atoms with van der Waals surface area (Å²) in [6.45, 7) is 9.04. The molecule has 6 heteroatoms. The fourth-order valence-electron chi connectivity index (χ4n) is 3.97. The summed E-state index contributed by atoms with van der Waals surface area (Å²) in [5.74, 6) is 0.875. The number of benzene rings is 3. The zero-order chi connectivity index (χ0) is 26.8. The maximum absolute atomic E-state index is 13.7. The average molecular weight is 566 g/mol. The monoisotopic (exact) mass is 564 g/mol. The largest absolute Gasteiger partial charge is 0.483 e. The minimum atomic E-state index is -0.677. The van der Waals surface area contributed by atoms with Crippen molar-refractivity contribution in [2.45, 2.75) is 52.6 Å². The summed E-state index contributed by atoms with van der Waals surface area (Å²) in [4.78, 5) is 28.8. The van der Waals surface area contributed by atoms with Gasteiger partial charge in [-0.15, -0.1) is 0 Å². The normalized spacial score (nSPS) is 11.9. The Morgan fingerprint density at radius 2 is 1.51 bits per heavy atom. The molecule has 0 saturated heterocycles. The molecule has 0 aliphatic rings. The van der Waals surface area contributed by atoms with Crippen LogP contribution in [0.15, 0.2) is 83.3 Å². The van der Waals surface area contributed by atoms with Crippen molar-refractivity contribution in [3.8, 4) is 5.75 Å². The smallest absolute Gasteiger partial charge is 0.261 e. The zero-order valence-electron chi connectivity index (χ0n) is 22.1. The first-order valence-electron chi connectivity index (χ1n) is 12.8. The predicted octanol–water partition coefficient (Wildman–Crippen LogP) is 6.36. The topological polar surface area (TPSA) is 58.6 Å². The van der Waals surface area contributed by atoms with Crippen molar-refractivity contribution in [2.75, 3.05) is 13.2 Å². The van der Waals surface area contributed by atoms with Crippen LogP contribution >= 0.6 is 15.9 Å². The molecule has 2 amide bonds. The van der Waals surface area contributed by atoms with E-state index in [0.29, 0.717) is 37.1 Å². The lowest BCUT2D eigenvalue weighted by Crippen LogP contribution is -2.52. The molecule has 0 unspecified atom stereocenters. The van der Waals surface area contributed by atoms with E-state index >= 15 is 0 Å². The molecule has 37 heavy (non-hydrogen) atoms. The van der Waals surface area contributed by atoms with Gasteiger partial charge in [-0.3, -0.25) is 9.59 Å². The van der Waals surface area contributed by atoms with Crippen LogP contribution in [0.2, 0.25) is 0 Å². The highest BCUT2D eigenvalue weighted by Crippen LogP contribution is 2.29. The molecule has 0 bridgehead atoms. The number of hydrogen-bond acceptors (Lipinski definition) is 3. The molecule has 0 radical (unpaired) electrons. The zero-order valence-corrected chi connectivity index (χ0v) is 23.7. The van der Waals surface area contributed by atoms with Gasteiger partial charge in [-0.1, -0.05) is 94.4 Å². The number of halogens is 1. The molecule has 3 aromatic carbocycles. The van der Waals surface area contributed by atoms with Crippen molar-refractivity contribution in [2.24, 2.45) is 5.92 Å². The van der Waals surface area contributed by atoms with E-state index in [2.05, 4.69) is 48.9 Å². The van der Waals surface area contributed by atoms with Gasteiger partial charge in [0.05, 0.1) is 4.47 Å². The maximum atomic E-state index is 13.7. The number of carbonyl (C=O) groups excluding carboxylic acids is 2. The number of rotatable bonds is 12. The van der Waals surface area contributed by atoms with Gasteiger partial charge in [-0.05, 0) is 56.6 Å². The first-order chi connectivity index (χ1) is 17.7. The molecule has 3 aromatic rings. The van der Waals surface area contributed by atoms with E-state index < -0.39 is 6.04 Å². The van der Waals surface area contributed by atoms with Crippen molar-refractivity contribution in [3.63, 3.8) is 0 Å². The third-order valence-corrected chi connectivity index (χ3v) is 6.74. The molecule has 1 atom stereocenters. The fraction of sp³-hybridized carbons (Fsp3) is 0.355. The summed E-state index contributed by atoms with van der Waals surface area (Å²) in [5, 5.41) is 3.04. The summed E-state index contributed by atoms with van der Waals surface area (Å²) in [7, 11) is 0. The molecule has 0 saturated carbocycles. The Kier molecular flexibility index (Phi) is 10.8. The van der Waals surface area contributed by atoms with Crippen molar-refractivity contribution < 1.29 is 14.3 Å². The van der Waals surface area contributed by atoms with Gasteiger partial charge >= 0.3 is 0 Å². The summed E-state index contributed by atoms with van der Waals surface area (Å²) in [6.07, 6.45) is 0.413. The number of amides is 2. The van der Waals surface area contributed by atoms with E-state index in [4.69, 9.17) is 4.74 Å². The SMILES string of the molecule is CC(C)CNC(=O)[C@H](Cc1ccccc1)N(Cc1ccccc1)C(=O)COc1ccc(C(C)C)cc1Br. The second kappa shape index (κ2) is 14.0. The summed E-state index contributed by atoms with van der Waals surface area (Å²) in [6, 6.07) is 24.8. The third kappa shape index (κ3) is 8.74. The molecule has 196 valence electrons. The van der Waals surface area contributed by atoms with E-state index in [9.17, 15) is 9.59 Å². The predicted molar refractivity (Wildman–Crippen MR) is 152 cm³/mol. The maximum Gasteiger partial charge on any atom is 0.261 e. The van der Waals surface area contributed by atoms with Crippen LogP contribution in [0.5, 0.6) is 5.75 Å². The molecule has 0 aliphatic heterocycles. The number of nitrogens with zero attached hydrogens (tertiary/aromatic N) is 1. The standard InChI is InChI=1S/C31H37BrN2O3/c1-22(2)19-33-31(36)28(17-24-11-7-5-8-12-24)34(20-25-13-9-6-10-14-25)30(35)21-37-29-16-15-26(23(3)4)18-27(29)32/h5-16,18,22-23,28H,17,19-21H2,1-4H3,(H,33,36)/t28-/m0/s1. The minimum absolute atomic E-state index is 0.163. The molecule has 5 nitrogen and oxygen atoms in total. The van der Waals surface area contributed by atoms with Crippen LogP contribution in [0.3, 0.4) is 0 Å². The lowest BCUT2D eigenvalue weighted by atomic mass is 10.0. The third-order valence-electron chi connectivity index (χ3n) is 6.13. The highest BCUT2D eigenvalue weighted by atomic mass is 79.9. The summed E-state index contributed by atoms with van der Waals surface area (Å²) < 4.78 is 6.76. The van der Waals surface area contributed by atoms with Crippen molar-refractivity contribution in [1.82, 2.24) is 10.2 Å². The second-order valence-corrected chi connectivity index (χ2v) is 10.8. The molecule has 0 spiro atoms. The Labute approximate surface area is 229 Å². The molecule has 0 fully saturated rings. The Bertz CT molecular complexity index is 1150. The van der Waals surface area contributed by atoms with Crippen molar-refractivity contribution in [3.05, 3.63) is 100 Å². The van der Waals surface area contributed by atoms with Gasteiger partial charge in [0.25, 0.3) is 5.91 Å². The summed E-state index contributed by atoms with van der Waals surface area (Å²) in [5.41, 5.74) is 3.13. The van der Waals surface area contributed by atoms with Gasteiger partial charge in [-0.2, -0.15) is 0 Å². The Balaban J connectivity index is 1.87. The van der Waals surface area contributed by atoms with Crippen molar-refractivity contribution >= 4 is 27.7 Å². The van der Waals surface area contributed by atoms with E-state index in [0.717, 1.165) is 15.6 Å². The number of carbonyl (C=O) groups is 2. The average Bonchev–Trinajstić information content (AvgIpc) is 2.89. The van der Waals surface area contributed by atoms with Gasteiger partial charge in [0.2, 0.25) is 5.91 Å². The minimum Gasteiger partial charge on any atom is -0.483 e. The van der Waals surface area contributed by atoms with E-state index in [1.807, 2.05) is 78.9 Å². The summed E-state index contributed by atoms with van der Waals surface area (Å²) >= 11 is 3.57. The van der Waals surface area contributed by atoms with E-state index in [-0.39, 0.29) is 18.4 Å². The quantitative estimate of drug-likeness (QED) is 0.278. The Morgan fingerprint density at radius 3 is 2.08 bits per heavy atom. The van der Waals surface area contributed by atoms with Gasteiger partial charge in [0.1, 0.15) is 11.8 Å². The fourth-order valence-corrected chi connectivity index (χ4v) is 4.48. The number of nitrogens with one attached hydrogen (secondary N) is 1. The van der Waals surface area contributed by atoms with Crippen LogP contribution in [0.4, 0.5) is 0 Å². The number of hydrogen-bond donors (Lipinski definition) is 1. The van der Waals surface area contributed by atoms with E-state index in [1.165, 1.54) is 5.56 Å². The first kappa shape index (κ1) is 28.5. The van der Waals surface area contributed by atoms with Crippen LogP contribution in [0.25, 0.3) is 0 Å². The Morgan fingerprint density at radius 1 is 0.892 bits per heavy atom. The van der Waals surface area contributed by atoms with Crippen LogP contribution in [-0.4, -0.2) is 35.9 Å². The molecule has 1 N–H and O–H groups in total. The highest BCUT2D eigenvalue weighted by Gasteiger charge is 2.30. The van der Waals surface area contributed by atoms with Gasteiger partial charge in [-0.25, -0.2) is 0 Å². The van der Waals surface area contributed by atoms with Crippen molar-refractivity contribution in [1.29, 1.82) is 0 Å². The Hall–Kier alpha value is -3.12. The first-order valence-corrected chi connectivity index (χ1v) is 13.6. The lowest BCUT2D eigenvalue weighted by Gasteiger charge is -2.31. The lowest BCUT2D eigenvalue weighted by molar-refractivity contribution is -0.142. The van der Waals surface area contributed by atoms with Crippen LogP contribution in [0.1, 0.15) is 50.3 Å². The van der Waals surface area contributed by atoms with Gasteiger partial charge in [0.15, 0.2) is 6.61 Å². The van der Waals surface area contributed by atoms with Crippen LogP contribution in [-0.2, 0) is 22.6 Å². The molecule has 0 aromatic heterocycles. The molecule has 0 heterocycles. The van der Waals surface area contributed by atoms with E-state index in [1.54, 1.807) is 4.90 Å². The second-order valence-electron chi connectivity index (χ2n) is 9.98. The molecular weight excluding hydrogens is 528 g/mol. The van der Waals surface area contributed by atoms with Gasteiger partial charge in [0, 0.05) is 19.5 Å². The molecule has 3 rings (SSSR count). The van der Waals surface area contributed by atoms with Crippen LogP contribution in [0, 0.1) is 5.92 Å². The highest BCUT2D eigenvalue weighted by molar-refractivity contribution is 9.10. The van der Waals surface area contributed by atoms with Gasteiger partial charge < -0.3 is 15.0 Å². The molecule has 0 aliphatic carbocycles.